The number of carbonyl (C=O) groups is 1. The molecule has 0 aromatic heterocycles. The molecule has 2 N–H and O–H groups in total. The average Bonchev–Trinajstić information content (AvgIpc) is 2.55. The standard InChI is InChI=1S/C18H26N2O2/c1-14-4-6-15(7-5-14)18(8-11-22-12-9-18)17(21)20-10-2-3-16(19)13-20/h4-7,16H,2-3,8-13,19H2,1H3/t16-/m1/s1. The van der Waals surface area contributed by atoms with Crippen molar-refractivity contribution in [3.63, 3.8) is 0 Å². The topological polar surface area (TPSA) is 55.6 Å². The normalized spacial score (nSPS) is 25.0. The zero-order chi connectivity index (χ0) is 15.6. The molecule has 4 heteroatoms. The predicted octanol–water partition coefficient (Wildman–Crippen LogP) is 1.99. The van der Waals surface area contributed by atoms with Crippen LogP contribution in [0, 0.1) is 6.92 Å². The lowest BCUT2D eigenvalue weighted by Gasteiger charge is -2.42. The molecule has 4 nitrogen and oxygen atoms in total. The Balaban J connectivity index is 1.91. The Bertz CT molecular complexity index is 520. The number of nitrogens with two attached hydrogens (primary N) is 1. The van der Waals surface area contributed by atoms with Crippen LogP contribution in [0.3, 0.4) is 0 Å². The highest BCUT2D eigenvalue weighted by Gasteiger charge is 2.44. The second-order valence-corrected chi connectivity index (χ2v) is 6.71. The monoisotopic (exact) mass is 302 g/mol. The van der Waals surface area contributed by atoms with E-state index in [1.165, 1.54) is 5.56 Å². The molecule has 1 atom stereocenters. The van der Waals surface area contributed by atoms with E-state index in [0.717, 1.165) is 37.8 Å². The fourth-order valence-electron chi connectivity index (χ4n) is 3.72. The largest absolute Gasteiger partial charge is 0.381 e. The van der Waals surface area contributed by atoms with Gasteiger partial charge in [-0.3, -0.25) is 4.79 Å². The van der Waals surface area contributed by atoms with Gasteiger partial charge in [-0.05, 0) is 38.2 Å². The summed E-state index contributed by atoms with van der Waals surface area (Å²) in [4.78, 5) is 15.3. The molecule has 1 amide bonds. The molecule has 0 spiro atoms. The molecule has 0 saturated carbocycles. The van der Waals surface area contributed by atoms with Crippen LogP contribution in [0.5, 0.6) is 0 Å². The van der Waals surface area contributed by atoms with Gasteiger partial charge < -0.3 is 15.4 Å². The third-order valence-electron chi connectivity index (χ3n) is 5.10. The van der Waals surface area contributed by atoms with Crippen LogP contribution in [-0.2, 0) is 14.9 Å². The molecule has 2 heterocycles. The van der Waals surface area contributed by atoms with Gasteiger partial charge in [-0.1, -0.05) is 29.8 Å². The summed E-state index contributed by atoms with van der Waals surface area (Å²) >= 11 is 0. The van der Waals surface area contributed by atoms with Crippen LogP contribution >= 0.6 is 0 Å². The number of ether oxygens (including phenoxy) is 1. The van der Waals surface area contributed by atoms with E-state index in [1.54, 1.807) is 0 Å². The molecule has 0 aliphatic carbocycles. The Kier molecular flexibility index (Phi) is 4.50. The molecule has 2 aliphatic heterocycles. The summed E-state index contributed by atoms with van der Waals surface area (Å²) in [6.07, 6.45) is 3.55. The highest BCUT2D eigenvalue weighted by atomic mass is 16.5. The first-order valence-electron chi connectivity index (χ1n) is 8.32. The summed E-state index contributed by atoms with van der Waals surface area (Å²) in [6.45, 7) is 4.90. The van der Waals surface area contributed by atoms with Gasteiger partial charge in [0, 0.05) is 32.3 Å². The van der Waals surface area contributed by atoms with Gasteiger partial charge in [-0.2, -0.15) is 0 Å². The summed E-state index contributed by atoms with van der Waals surface area (Å²) in [7, 11) is 0. The summed E-state index contributed by atoms with van der Waals surface area (Å²) in [5.41, 5.74) is 8.00. The zero-order valence-corrected chi connectivity index (χ0v) is 13.4. The van der Waals surface area contributed by atoms with E-state index in [-0.39, 0.29) is 11.9 Å². The number of hydrogen-bond donors (Lipinski definition) is 1. The number of aryl methyl sites for hydroxylation is 1. The van der Waals surface area contributed by atoms with Crippen molar-refractivity contribution < 1.29 is 9.53 Å². The number of carbonyl (C=O) groups excluding carboxylic acids is 1. The second kappa shape index (κ2) is 6.39. The molecule has 2 aliphatic rings. The van der Waals surface area contributed by atoms with Crippen molar-refractivity contribution in [1.29, 1.82) is 0 Å². The number of hydrogen-bond acceptors (Lipinski definition) is 3. The molecule has 22 heavy (non-hydrogen) atoms. The van der Waals surface area contributed by atoms with Crippen LogP contribution in [-0.4, -0.2) is 43.2 Å². The van der Waals surface area contributed by atoms with E-state index in [9.17, 15) is 4.79 Å². The van der Waals surface area contributed by atoms with Crippen LogP contribution in [0.15, 0.2) is 24.3 Å². The highest BCUT2D eigenvalue weighted by Crippen LogP contribution is 2.37. The number of rotatable bonds is 2. The molecule has 1 aromatic rings. The third kappa shape index (κ3) is 2.90. The molecule has 0 radical (unpaired) electrons. The Morgan fingerprint density at radius 3 is 2.59 bits per heavy atom. The third-order valence-corrected chi connectivity index (χ3v) is 5.10. The fraction of sp³-hybridized carbons (Fsp3) is 0.611. The zero-order valence-electron chi connectivity index (χ0n) is 13.4. The summed E-state index contributed by atoms with van der Waals surface area (Å²) < 4.78 is 5.53. The Morgan fingerprint density at radius 2 is 1.95 bits per heavy atom. The van der Waals surface area contributed by atoms with E-state index in [1.807, 2.05) is 4.90 Å². The number of nitrogens with zero attached hydrogens (tertiary/aromatic N) is 1. The molecule has 0 unspecified atom stereocenters. The van der Waals surface area contributed by atoms with Crippen molar-refractivity contribution in [2.75, 3.05) is 26.3 Å². The van der Waals surface area contributed by atoms with Crippen LogP contribution in [0.4, 0.5) is 0 Å². The van der Waals surface area contributed by atoms with Gasteiger partial charge in [-0.25, -0.2) is 0 Å². The van der Waals surface area contributed by atoms with Crippen molar-refractivity contribution >= 4 is 5.91 Å². The lowest BCUT2D eigenvalue weighted by Crippen LogP contribution is -2.54. The molecule has 1 aromatic carbocycles. The summed E-state index contributed by atoms with van der Waals surface area (Å²) in [5.74, 6) is 0.245. The van der Waals surface area contributed by atoms with Crippen molar-refractivity contribution in [1.82, 2.24) is 4.90 Å². The van der Waals surface area contributed by atoms with Crippen molar-refractivity contribution in [2.45, 2.75) is 44.1 Å². The maximum absolute atomic E-state index is 13.3. The second-order valence-electron chi connectivity index (χ2n) is 6.71. The Morgan fingerprint density at radius 1 is 1.27 bits per heavy atom. The van der Waals surface area contributed by atoms with E-state index in [0.29, 0.717) is 19.8 Å². The minimum absolute atomic E-state index is 0.118. The van der Waals surface area contributed by atoms with Gasteiger partial charge in [0.15, 0.2) is 0 Å². The van der Waals surface area contributed by atoms with Gasteiger partial charge in [-0.15, -0.1) is 0 Å². The van der Waals surface area contributed by atoms with Gasteiger partial charge in [0.05, 0.1) is 5.41 Å². The van der Waals surface area contributed by atoms with Crippen molar-refractivity contribution in [3.05, 3.63) is 35.4 Å². The van der Waals surface area contributed by atoms with E-state index in [4.69, 9.17) is 10.5 Å². The first kappa shape index (κ1) is 15.5. The van der Waals surface area contributed by atoms with Crippen molar-refractivity contribution in [2.24, 2.45) is 5.73 Å². The molecular weight excluding hydrogens is 276 g/mol. The minimum atomic E-state index is -0.428. The maximum Gasteiger partial charge on any atom is 0.233 e. The predicted molar refractivity (Wildman–Crippen MR) is 86.7 cm³/mol. The number of benzene rings is 1. The van der Waals surface area contributed by atoms with Crippen LogP contribution in [0.1, 0.15) is 36.8 Å². The first-order chi connectivity index (χ1) is 10.6. The van der Waals surface area contributed by atoms with Gasteiger partial charge in [0.2, 0.25) is 5.91 Å². The molecule has 2 saturated heterocycles. The van der Waals surface area contributed by atoms with Crippen LogP contribution in [0.2, 0.25) is 0 Å². The Hall–Kier alpha value is -1.39. The average molecular weight is 302 g/mol. The van der Waals surface area contributed by atoms with Crippen LogP contribution in [0.25, 0.3) is 0 Å². The van der Waals surface area contributed by atoms with Crippen LogP contribution < -0.4 is 5.73 Å². The highest BCUT2D eigenvalue weighted by molar-refractivity contribution is 5.88. The van der Waals surface area contributed by atoms with Gasteiger partial charge in [0.1, 0.15) is 0 Å². The quantitative estimate of drug-likeness (QED) is 0.909. The van der Waals surface area contributed by atoms with E-state index < -0.39 is 5.41 Å². The number of likely N-dealkylation sites (tertiary alicyclic amines) is 1. The van der Waals surface area contributed by atoms with Gasteiger partial charge >= 0.3 is 0 Å². The molecule has 2 fully saturated rings. The first-order valence-corrected chi connectivity index (χ1v) is 8.32. The minimum Gasteiger partial charge on any atom is -0.381 e. The SMILES string of the molecule is Cc1ccc(C2(C(=O)N3CCC[C@@H](N)C3)CCOCC2)cc1. The summed E-state index contributed by atoms with van der Waals surface area (Å²) in [5, 5.41) is 0. The van der Waals surface area contributed by atoms with Gasteiger partial charge in [0.25, 0.3) is 0 Å². The molecule has 3 rings (SSSR count). The molecule has 0 bridgehead atoms. The number of piperidine rings is 1. The maximum atomic E-state index is 13.3. The lowest BCUT2D eigenvalue weighted by molar-refractivity contribution is -0.142. The molecular formula is C18H26N2O2. The van der Waals surface area contributed by atoms with Crippen molar-refractivity contribution in [3.8, 4) is 0 Å². The number of amides is 1. The smallest absolute Gasteiger partial charge is 0.233 e. The Labute approximate surface area is 132 Å². The molecule has 120 valence electrons. The van der Waals surface area contributed by atoms with E-state index in [2.05, 4.69) is 31.2 Å². The fourth-order valence-corrected chi connectivity index (χ4v) is 3.72. The lowest BCUT2D eigenvalue weighted by atomic mass is 9.72. The summed E-state index contributed by atoms with van der Waals surface area (Å²) in [6, 6.07) is 8.54. The van der Waals surface area contributed by atoms with E-state index >= 15 is 0 Å².